The number of imidazole rings is 1. The van der Waals surface area contributed by atoms with Gasteiger partial charge in [0.05, 0.1) is 22.8 Å². The highest BCUT2D eigenvalue weighted by Gasteiger charge is 2.18. The van der Waals surface area contributed by atoms with Gasteiger partial charge < -0.3 is 4.74 Å². The van der Waals surface area contributed by atoms with Crippen LogP contribution in [-0.2, 0) is 0 Å². The van der Waals surface area contributed by atoms with Crippen LogP contribution in [0.3, 0.4) is 0 Å². The number of unbranched alkanes of at least 4 members (excludes halogenated alkanes) is 3. The topological polar surface area (TPSA) is 52.3 Å². The van der Waals surface area contributed by atoms with Crippen molar-refractivity contribution in [2.45, 2.75) is 39.5 Å². The van der Waals surface area contributed by atoms with E-state index in [1.54, 1.807) is 6.07 Å². The SMILES string of the molecule is CCCCCCOc1ccc(Cl)c(-c2nc(C)c3nnc4ccc(Cl)cc4n23)c1. The number of rotatable bonds is 7. The molecule has 7 heteroatoms. The minimum Gasteiger partial charge on any atom is -0.494 e. The van der Waals surface area contributed by atoms with E-state index in [9.17, 15) is 0 Å². The van der Waals surface area contributed by atoms with Gasteiger partial charge in [-0.3, -0.25) is 4.40 Å². The van der Waals surface area contributed by atoms with E-state index in [2.05, 4.69) is 17.1 Å². The van der Waals surface area contributed by atoms with Crippen LogP contribution in [0.2, 0.25) is 10.0 Å². The summed E-state index contributed by atoms with van der Waals surface area (Å²) in [7, 11) is 0. The van der Waals surface area contributed by atoms with Gasteiger partial charge in [-0.05, 0) is 49.7 Å². The molecule has 2 aromatic heterocycles. The van der Waals surface area contributed by atoms with Crippen LogP contribution < -0.4 is 4.74 Å². The van der Waals surface area contributed by atoms with Crippen LogP contribution in [0.15, 0.2) is 36.4 Å². The predicted molar refractivity (Wildman–Crippen MR) is 118 cm³/mol. The summed E-state index contributed by atoms with van der Waals surface area (Å²) in [5.74, 6) is 1.47. The molecule has 5 nitrogen and oxygen atoms in total. The van der Waals surface area contributed by atoms with Crippen molar-refractivity contribution < 1.29 is 4.74 Å². The molecule has 0 saturated heterocycles. The molecule has 4 aromatic rings. The molecule has 0 radical (unpaired) electrons. The summed E-state index contributed by atoms with van der Waals surface area (Å²) in [6.45, 7) is 4.79. The second-order valence-corrected chi connectivity index (χ2v) is 7.91. The first-order valence-corrected chi connectivity index (χ1v) is 10.6. The van der Waals surface area contributed by atoms with E-state index in [1.807, 2.05) is 41.7 Å². The molecule has 0 aliphatic heterocycles. The lowest BCUT2D eigenvalue weighted by atomic mass is 10.2. The molecule has 0 saturated carbocycles. The summed E-state index contributed by atoms with van der Waals surface area (Å²) in [5.41, 5.74) is 3.81. The minimum absolute atomic E-state index is 0.599. The maximum atomic E-state index is 6.55. The maximum absolute atomic E-state index is 6.55. The molecule has 0 N–H and O–H groups in total. The van der Waals surface area contributed by atoms with Crippen molar-refractivity contribution in [1.82, 2.24) is 19.6 Å². The molecule has 4 rings (SSSR count). The summed E-state index contributed by atoms with van der Waals surface area (Å²) in [6.07, 6.45) is 4.64. The summed E-state index contributed by atoms with van der Waals surface area (Å²) in [5, 5.41) is 9.87. The zero-order chi connectivity index (χ0) is 20.4. The van der Waals surface area contributed by atoms with Crippen LogP contribution in [0.1, 0.15) is 38.3 Å². The fourth-order valence-corrected chi connectivity index (χ4v) is 3.76. The lowest BCUT2D eigenvalue weighted by Gasteiger charge is -2.10. The number of nitrogens with zero attached hydrogens (tertiary/aromatic N) is 4. The molecule has 2 aromatic carbocycles. The van der Waals surface area contributed by atoms with E-state index in [1.165, 1.54) is 19.3 Å². The van der Waals surface area contributed by atoms with Gasteiger partial charge in [-0.25, -0.2) is 4.98 Å². The first kappa shape index (κ1) is 19.9. The number of benzene rings is 2. The normalized spacial score (nSPS) is 11.4. The molecule has 2 heterocycles. The Balaban J connectivity index is 1.78. The molecule has 0 amide bonds. The van der Waals surface area contributed by atoms with Crippen molar-refractivity contribution in [3.63, 3.8) is 0 Å². The number of hydrogen-bond acceptors (Lipinski definition) is 4. The Bertz CT molecular complexity index is 1170. The van der Waals surface area contributed by atoms with Crippen LogP contribution in [0.5, 0.6) is 5.75 Å². The van der Waals surface area contributed by atoms with Gasteiger partial charge in [0.15, 0.2) is 5.65 Å². The minimum atomic E-state index is 0.599. The molecular formula is C22H22Cl2N4O. The molecule has 0 atom stereocenters. The van der Waals surface area contributed by atoms with Crippen molar-refractivity contribution in [3.8, 4) is 17.1 Å². The maximum Gasteiger partial charge on any atom is 0.183 e. The lowest BCUT2D eigenvalue weighted by molar-refractivity contribution is 0.305. The average Bonchev–Trinajstić information content (AvgIpc) is 3.06. The highest BCUT2D eigenvalue weighted by molar-refractivity contribution is 6.33. The molecular weight excluding hydrogens is 407 g/mol. The Morgan fingerprint density at radius 2 is 1.86 bits per heavy atom. The summed E-state index contributed by atoms with van der Waals surface area (Å²) in [6, 6.07) is 11.2. The second kappa shape index (κ2) is 8.56. The highest BCUT2D eigenvalue weighted by Crippen LogP contribution is 2.33. The quantitative estimate of drug-likeness (QED) is 0.314. The van der Waals surface area contributed by atoms with E-state index in [0.29, 0.717) is 28.1 Å². The number of aryl methyl sites for hydroxylation is 1. The van der Waals surface area contributed by atoms with Crippen molar-refractivity contribution in [2.75, 3.05) is 6.61 Å². The zero-order valence-electron chi connectivity index (χ0n) is 16.5. The van der Waals surface area contributed by atoms with Crippen LogP contribution in [-0.4, -0.2) is 26.2 Å². The fourth-order valence-electron chi connectivity index (χ4n) is 3.39. The Kier molecular flexibility index (Phi) is 5.88. The van der Waals surface area contributed by atoms with Gasteiger partial charge in [-0.2, -0.15) is 0 Å². The van der Waals surface area contributed by atoms with Crippen molar-refractivity contribution in [3.05, 3.63) is 52.1 Å². The van der Waals surface area contributed by atoms with E-state index in [0.717, 1.165) is 34.5 Å². The molecule has 0 spiro atoms. The third-order valence-electron chi connectivity index (χ3n) is 4.90. The number of hydrogen-bond donors (Lipinski definition) is 0. The van der Waals surface area contributed by atoms with Gasteiger partial charge in [-0.15, -0.1) is 10.2 Å². The Morgan fingerprint density at radius 1 is 1.00 bits per heavy atom. The van der Waals surface area contributed by atoms with Crippen molar-refractivity contribution in [1.29, 1.82) is 0 Å². The number of ether oxygens (including phenoxy) is 1. The van der Waals surface area contributed by atoms with E-state index in [-0.39, 0.29) is 0 Å². The summed E-state index contributed by atoms with van der Waals surface area (Å²) < 4.78 is 7.90. The molecule has 0 fully saturated rings. The fraction of sp³-hybridized carbons (Fsp3) is 0.318. The smallest absolute Gasteiger partial charge is 0.183 e. The monoisotopic (exact) mass is 428 g/mol. The lowest BCUT2D eigenvalue weighted by Crippen LogP contribution is -1.99. The predicted octanol–water partition coefficient (Wildman–Crippen LogP) is 6.52. The largest absolute Gasteiger partial charge is 0.494 e. The Labute approximate surface area is 179 Å². The Morgan fingerprint density at radius 3 is 2.69 bits per heavy atom. The van der Waals surface area contributed by atoms with E-state index in [4.69, 9.17) is 32.9 Å². The average molecular weight is 429 g/mol. The molecule has 0 bridgehead atoms. The van der Waals surface area contributed by atoms with Crippen LogP contribution in [0.4, 0.5) is 0 Å². The van der Waals surface area contributed by atoms with Gasteiger partial charge >= 0.3 is 0 Å². The van der Waals surface area contributed by atoms with E-state index < -0.39 is 0 Å². The third-order valence-corrected chi connectivity index (χ3v) is 5.46. The third kappa shape index (κ3) is 4.02. The standard InChI is InChI=1S/C22H22Cl2N4O/c1-3-4-5-6-11-29-16-8-9-18(24)17(13-16)22-25-14(2)21-27-26-19-10-7-15(23)12-20(19)28(21)22/h7-10,12-13H,3-6,11H2,1-2H3. The van der Waals surface area contributed by atoms with Gasteiger partial charge in [0.2, 0.25) is 0 Å². The zero-order valence-corrected chi connectivity index (χ0v) is 18.0. The van der Waals surface area contributed by atoms with Gasteiger partial charge in [0, 0.05) is 10.6 Å². The number of halogens is 2. The number of fused-ring (bicyclic) bond motifs is 3. The molecule has 29 heavy (non-hydrogen) atoms. The number of aromatic nitrogens is 4. The second-order valence-electron chi connectivity index (χ2n) is 7.06. The Hall–Kier alpha value is -2.37. The van der Waals surface area contributed by atoms with Crippen molar-refractivity contribution in [2.24, 2.45) is 0 Å². The van der Waals surface area contributed by atoms with Crippen LogP contribution in [0.25, 0.3) is 28.1 Å². The van der Waals surface area contributed by atoms with Crippen molar-refractivity contribution >= 4 is 39.9 Å². The molecule has 0 unspecified atom stereocenters. The molecule has 0 aliphatic rings. The highest BCUT2D eigenvalue weighted by atomic mass is 35.5. The first-order chi connectivity index (χ1) is 14.1. The summed E-state index contributed by atoms with van der Waals surface area (Å²) in [4.78, 5) is 4.74. The molecule has 150 valence electrons. The van der Waals surface area contributed by atoms with Crippen LogP contribution >= 0.6 is 23.2 Å². The van der Waals surface area contributed by atoms with E-state index >= 15 is 0 Å². The molecule has 0 aliphatic carbocycles. The summed E-state index contributed by atoms with van der Waals surface area (Å²) >= 11 is 12.8. The van der Waals surface area contributed by atoms with Gasteiger partial charge in [0.1, 0.15) is 17.1 Å². The van der Waals surface area contributed by atoms with Gasteiger partial charge in [0.25, 0.3) is 0 Å². The van der Waals surface area contributed by atoms with Gasteiger partial charge in [-0.1, -0.05) is 49.4 Å². The van der Waals surface area contributed by atoms with Crippen LogP contribution in [0, 0.1) is 6.92 Å². The first-order valence-electron chi connectivity index (χ1n) is 9.82.